The number of esters is 1. The van der Waals surface area contributed by atoms with Crippen LogP contribution in [0.2, 0.25) is 0 Å². The zero-order chi connectivity index (χ0) is 22.4. The van der Waals surface area contributed by atoms with Crippen LogP contribution in [0.25, 0.3) is 5.69 Å². The summed E-state index contributed by atoms with van der Waals surface area (Å²) in [5.41, 5.74) is 5.66. The number of benzene rings is 2. The van der Waals surface area contributed by atoms with Crippen molar-refractivity contribution in [2.45, 2.75) is 46.6 Å². The minimum Gasteiger partial charge on any atom is -0.455 e. The highest BCUT2D eigenvalue weighted by molar-refractivity contribution is 5.81. The van der Waals surface area contributed by atoms with Gasteiger partial charge in [-0.1, -0.05) is 49.4 Å². The Labute approximate surface area is 183 Å². The first-order chi connectivity index (χ1) is 14.9. The molecule has 1 heterocycles. The van der Waals surface area contributed by atoms with Crippen molar-refractivity contribution >= 4 is 11.9 Å². The molecule has 1 N–H and O–H groups in total. The fourth-order valence-corrected chi connectivity index (χ4v) is 3.50. The molecule has 1 atom stereocenters. The summed E-state index contributed by atoms with van der Waals surface area (Å²) in [4.78, 5) is 24.6. The number of aryl methyl sites for hydroxylation is 2. The molecule has 1 amide bonds. The molecule has 2 aromatic carbocycles. The predicted molar refractivity (Wildman–Crippen MR) is 120 cm³/mol. The zero-order valence-corrected chi connectivity index (χ0v) is 18.5. The van der Waals surface area contributed by atoms with Gasteiger partial charge in [0.15, 0.2) is 6.61 Å². The summed E-state index contributed by atoms with van der Waals surface area (Å²) in [7, 11) is 0. The quantitative estimate of drug-likeness (QED) is 0.560. The summed E-state index contributed by atoms with van der Waals surface area (Å²) in [5.74, 6) is -0.775. The molecule has 0 aliphatic rings. The molecule has 6 heteroatoms. The molecule has 0 spiro atoms. The largest absolute Gasteiger partial charge is 0.455 e. The van der Waals surface area contributed by atoms with Gasteiger partial charge in [0, 0.05) is 11.3 Å². The Morgan fingerprint density at radius 2 is 1.74 bits per heavy atom. The van der Waals surface area contributed by atoms with Gasteiger partial charge in [-0.3, -0.25) is 9.59 Å². The highest BCUT2D eigenvalue weighted by Crippen LogP contribution is 2.19. The topological polar surface area (TPSA) is 73.2 Å². The van der Waals surface area contributed by atoms with E-state index in [1.54, 1.807) is 0 Å². The smallest absolute Gasteiger partial charge is 0.310 e. The molecule has 0 bridgehead atoms. The van der Waals surface area contributed by atoms with Crippen LogP contribution in [0.3, 0.4) is 0 Å². The van der Waals surface area contributed by atoms with Gasteiger partial charge in [0.05, 0.1) is 23.8 Å². The van der Waals surface area contributed by atoms with Crippen molar-refractivity contribution in [1.82, 2.24) is 15.1 Å². The minimum absolute atomic E-state index is 0.0752. The summed E-state index contributed by atoms with van der Waals surface area (Å²) in [6.45, 7) is 7.50. The summed E-state index contributed by atoms with van der Waals surface area (Å²) in [6.07, 6.45) is 1.05. The van der Waals surface area contributed by atoms with E-state index in [2.05, 4.69) is 29.5 Å². The number of carbonyl (C=O) groups excluding carboxylic acids is 2. The fourth-order valence-electron chi connectivity index (χ4n) is 3.50. The van der Waals surface area contributed by atoms with Gasteiger partial charge in [0.1, 0.15) is 0 Å². The molecule has 0 unspecified atom stereocenters. The van der Waals surface area contributed by atoms with E-state index in [4.69, 9.17) is 4.74 Å². The molecule has 0 aliphatic heterocycles. The number of amides is 1. The first-order valence-corrected chi connectivity index (χ1v) is 10.5. The van der Waals surface area contributed by atoms with Crippen LogP contribution in [-0.2, 0) is 27.2 Å². The lowest BCUT2D eigenvalue weighted by Crippen LogP contribution is -2.31. The first kappa shape index (κ1) is 22.3. The zero-order valence-electron chi connectivity index (χ0n) is 18.5. The number of hydrogen-bond donors (Lipinski definition) is 1. The molecule has 1 aromatic heterocycles. The van der Waals surface area contributed by atoms with Gasteiger partial charge in [0.2, 0.25) is 0 Å². The average molecular weight is 420 g/mol. The van der Waals surface area contributed by atoms with Crippen molar-refractivity contribution in [3.63, 3.8) is 0 Å². The van der Waals surface area contributed by atoms with Crippen LogP contribution >= 0.6 is 0 Å². The number of nitrogens with one attached hydrogen (secondary N) is 1. The second-order valence-electron chi connectivity index (χ2n) is 7.62. The highest BCUT2D eigenvalue weighted by Gasteiger charge is 2.18. The SMILES string of the molecule is CCc1ccc([C@@H](C)NC(=O)COC(=O)Cc2c(C)nn(-c3ccccc3)c2C)cc1. The number of nitrogens with zero attached hydrogens (tertiary/aromatic N) is 2. The van der Waals surface area contributed by atoms with E-state index in [1.165, 1.54) is 5.56 Å². The number of para-hydroxylation sites is 1. The van der Waals surface area contributed by atoms with Crippen LogP contribution in [0, 0.1) is 13.8 Å². The maximum atomic E-state index is 12.4. The molecule has 6 nitrogen and oxygen atoms in total. The van der Waals surface area contributed by atoms with Gasteiger partial charge in [-0.05, 0) is 50.5 Å². The van der Waals surface area contributed by atoms with Crippen molar-refractivity contribution < 1.29 is 14.3 Å². The molecule has 162 valence electrons. The Morgan fingerprint density at radius 1 is 1.06 bits per heavy atom. The summed E-state index contributed by atoms with van der Waals surface area (Å²) in [6, 6.07) is 17.7. The van der Waals surface area contributed by atoms with Gasteiger partial charge < -0.3 is 10.1 Å². The number of hydrogen-bond acceptors (Lipinski definition) is 4. The molecule has 0 saturated carbocycles. The fraction of sp³-hybridized carbons (Fsp3) is 0.320. The van der Waals surface area contributed by atoms with Crippen LogP contribution in [0.5, 0.6) is 0 Å². The lowest BCUT2D eigenvalue weighted by atomic mass is 10.1. The molecule has 0 fully saturated rings. The van der Waals surface area contributed by atoms with Crippen LogP contribution in [0.1, 0.15) is 48.0 Å². The molecular formula is C25H29N3O3. The Kier molecular flexibility index (Phi) is 7.23. The third-order valence-corrected chi connectivity index (χ3v) is 5.39. The Bertz CT molecular complexity index is 1040. The van der Waals surface area contributed by atoms with E-state index in [9.17, 15) is 9.59 Å². The van der Waals surface area contributed by atoms with Crippen LogP contribution in [-0.4, -0.2) is 28.3 Å². The van der Waals surface area contributed by atoms with Gasteiger partial charge >= 0.3 is 5.97 Å². The van der Waals surface area contributed by atoms with Gasteiger partial charge in [-0.15, -0.1) is 0 Å². The summed E-state index contributed by atoms with van der Waals surface area (Å²) >= 11 is 0. The standard InChI is InChI=1S/C25H29N3O3/c1-5-20-11-13-21(14-12-20)17(2)26-24(29)16-31-25(30)15-23-18(3)27-28(19(23)4)22-9-7-6-8-10-22/h6-14,17H,5,15-16H2,1-4H3,(H,26,29)/t17-/m1/s1. The maximum absolute atomic E-state index is 12.4. The number of ether oxygens (including phenoxy) is 1. The van der Waals surface area contributed by atoms with Crippen LogP contribution < -0.4 is 5.32 Å². The number of aromatic nitrogens is 2. The van der Waals surface area contributed by atoms with E-state index in [-0.39, 0.29) is 25.0 Å². The van der Waals surface area contributed by atoms with E-state index in [0.29, 0.717) is 0 Å². The van der Waals surface area contributed by atoms with Gasteiger partial charge in [0.25, 0.3) is 5.91 Å². The van der Waals surface area contributed by atoms with Crippen molar-refractivity contribution in [2.75, 3.05) is 6.61 Å². The molecule has 0 saturated heterocycles. The average Bonchev–Trinajstić information content (AvgIpc) is 3.06. The normalized spacial score (nSPS) is 11.7. The van der Waals surface area contributed by atoms with Crippen molar-refractivity contribution in [1.29, 1.82) is 0 Å². The van der Waals surface area contributed by atoms with E-state index in [1.807, 2.05) is 67.9 Å². The van der Waals surface area contributed by atoms with E-state index >= 15 is 0 Å². The number of rotatable bonds is 8. The van der Waals surface area contributed by atoms with Crippen molar-refractivity contribution in [3.05, 3.63) is 82.7 Å². The molecule has 3 aromatic rings. The molecule has 3 rings (SSSR count). The summed E-state index contributed by atoms with van der Waals surface area (Å²) in [5, 5.41) is 7.41. The lowest BCUT2D eigenvalue weighted by Gasteiger charge is -2.15. The van der Waals surface area contributed by atoms with Crippen LogP contribution in [0.15, 0.2) is 54.6 Å². The van der Waals surface area contributed by atoms with Crippen molar-refractivity contribution in [3.8, 4) is 5.69 Å². The maximum Gasteiger partial charge on any atom is 0.310 e. The molecule has 0 aliphatic carbocycles. The van der Waals surface area contributed by atoms with Crippen LogP contribution in [0.4, 0.5) is 0 Å². The Morgan fingerprint density at radius 3 is 2.39 bits per heavy atom. The molecule has 31 heavy (non-hydrogen) atoms. The van der Waals surface area contributed by atoms with E-state index in [0.717, 1.165) is 34.6 Å². The first-order valence-electron chi connectivity index (χ1n) is 10.5. The Hall–Kier alpha value is -3.41. The molecule has 0 radical (unpaired) electrons. The third-order valence-electron chi connectivity index (χ3n) is 5.39. The second-order valence-corrected chi connectivity index (χ2v) is 7.62. The second kappa shape index (κ2) is 10.1. The molecular weight excluding hydrogens is 390 g/mol. The summed E-state index contributed by atoms with van der Waals surface area (Å²) < 4.78 is 7.03. The van der Waals surface area contributed by atoms with Crippen molar-refractivity contribution in [2.24, 2.45) is 0 Å². The predicted octanol–water partition coefficient (Wildman–Crippen LogP) is 4.01. The van der Waals surface area contributed by atoms with Gasteiger partial charge in [-0.25, -0.2) is 4.68 Å². The lowest BCUT2D eigenvalue weighted by molar-refractivity contribution is -0.148. The Balaban J connectivity index is 1.54. The van der Waals surface area contributed by atoms with Gasteiger partial charge in [-0.2, -0.15) is 5.10 Å². The monoisotopic (exact) mass is 419 g/mol. The number of carbonyl (C=O) groups is 2. The third kappa shape index (κ3) is 5.60. The van der Waals surface area contributed by atoms with E-state index < -0.39 is 5.97 Å². The minimum atomic E-state index is -0.450. The highest BCUT2D eigenvalue weighted by atomic mass is 16.5.